The van der Waals surface area contributed by atoms with Crippen molar-refractivity contribution >= 4 is 29.1 Å². The van der Waals surface area contributed by atoms with Gasteiger partial charge < -0.3 is 15.7 Å². The second-order valence-electron chi connectivity index (χ2n) is 5.87. The van der Waals surface area contributed by atoms with Crippen molar-refractivity contribution in [2.75, 3.05) is 23.8 Å². The van der Waals surface area contributed by atoms with E-state index < -0.39 is 0 Å². The van der Waals surface area contributed by atoms with Gasteiger partial charge in [0, 0.05) is 29.5 Å². The van der Waals surface area contributed by atoms with Crippen LogP contribution in [0.4, 0.5) is 17.5 Å². The van der Waals surface area contributed by atoms with Gasteiger partial charge in [0.1, 0.15) is 5.82 Å². The van der Waals surface area contributed by atoms with Crippen molar-refractivity contribution in [3.63, 3.8) is 0 Å². The summed E-state index contributed by atoms with van der Waals surface area (Å²) in [6, 6.07) is 11.3. The number of aryl methyl sites for hydroxylation is 2. The van der Waals surface area contributed by atoms with Crippen molar-refractivity contribution < 1.29 is 5.11 Å². The Labute approximate surface area is 157 Å². The minimum absolute atomic E-state index is 0.00463. The molecule has 0 radical (unpaired) electrons. The Morgan fingerprint density at radius 1 is 1.04 bits per heavy atom. The fourth-order valence-electron chi connectivity index (χ4n) is 2.64. The number of rotatable bonds is 6. The summed E-state index contributed by atoms with van der Waals surface area (Å²) >= 11 is 6.12. The van der Waals surface area contributed by atoms with E-state index in [9.17, 15) is 0 Å². The highest BCUT2D eigenvalue weighted by Gasteiger charge is 2.10. The van der Waals surface area contributed by atoms with E-state index in [4.69, 9.17) is 16.7 Å². The fourth-order valence-corrected chi connectivity index (χ4v) is 2.97. The Morgan fingerprint density at radius 2 is 1.81 bits per heavy atom. The number of nitrogens with one attached hydrogen (secondary N) is 2. The van der Waals surface area contributed by atoms with Crippen LogP contribution in [-0.2, 0) is 0 Å². The van der Waals surface area contributed by atoms with Crippen LogP contribution in [0.2, 0.25) is 5.02 Å². The number of hydrogen-bond donors (Lipinski definition) is 3. The maximum atomic E-state index is 9.06. The number of benzene rings is 1. The zero-order valence-electron chi connectivity index (χ0n) is 14.6. The molecule has 0 unspecified atom stereocenters. The van der Waals surface area contributed by atoms with Crippen LogP contribution in [0.15, 0.2) is 42.6 Å². The molecule has 3 rings (SSSR count). The SMILES string of the molecule is Cc1cc(Cl)cc(C)c1Nc1cc(-c2ccccn2)nc(NCCO)n1. The first kappa shape index (κ1) is 18.1. The molecule has 0 spiro atoms. The van der Waals surface area contributed by atoms with Gasteiger partial charge in [0.15, 0.2) is 0 Å². The van der Waals surface area contributed by atoms with Crippen LogP contribution in [0, 0.1) is 13.8 Å². The summed E-state index contributed by atoms with van der Waals surface area (Å²) in [5.41, 5.74) is 4.44. The first-order chi connectivity index (χ1) is 12.6. The third-order valence-electron chi connectivity index (χ3n) is 3.80. The van der Waals surface area contributed by atoms with Gasteiger partial charge >= 0.3 is 0 Å². The lowest BCUT2D eigenvalue weighted by Crippen LogP contribution is -2.10. The van der Waals surface area contributed by atoms with E-state index in [1.165, 1.54) is 0 Å². The molecule has 0 fully saturated rings. The Hall–Kier alpha value is -2.70. The predicted octanol–water partition coefficient (Wildman–Crippen LogP) is 3.96. The average molecular weight is 370 g/mol. The molecule has 0 aliphatic heterocycles. The Bertz CT molecular complexity index is 879. The molecule has 6 nitrogen and oxygen atoms in total. The van der Waals surface area contributed by atoms with E-state index in [0.717, 1.165) is 22.5 Å². The van der Waals surface area contributed by atoms with Gasteiger partial charge in [-0.1, -0.05) is 17.7 Å². The highest BCUT2D eigenvalue weighted by molar-refractivity contribution is 6.30. The first-order valence-corrected chi connectivity index (χ1v) is 8.63. The lowest BCUT2D eigenvalue weighted by molar-refractivity contribution is 0.311. The summed E-state index contributed by atoms with van der Waals surface area (Å²) in [7, 11) is 0. The Balaban J connectivity index is 2.01. The number of aliphatic hydroxyl groups excluding tert-OH is 1. The summed E-state index contributed by atoms with van der Waals surface area (Å²) in [6.45, 7) is 4.35. The molecule has 1 aromatic carbocycles. The number of hydrogen-bond acceptors (Lipinski definition) is 6. The standard InChI is InChI=1S/C19H20ClN5O/c1-12-9-14(20)10-13(2)18(12)24-17-11-16(15-5-3-4-6-21-15)23-19(25-17)22-7-8-26/h3-6,9-11,26H,7-8H2,1-2H3,(H2,22,23,24,25). The molecule has 2 aromatic heterocycles. The van der Waals surface area contributed by atoms with Crippen molar-refractivity contribution in [2.45, 2.75) is 13.8 Å². The van der Waals surface area contributed by atoms with Crippen molar-refractivity contribution in [1.29, 1.82) is 0 Å². The van der Waals surface area contributed by atoms with E-state index in [0.29, 0.717) is 29.0 Å². The van der Waals surface area contributed by atoms with E-state index >= 15 is 0 Å². The number of nitrogens with zero attached hydrogens (tertiary/aromatic N) is 3. The number of aromatic nitrogens is 3. The number of aliphatic hydroxyl groups is 1. The van der Waals surface area contributed by atoms with Crippen molar-refractivity contribution in [1.82, 2.24) is 15.0 Å². The molecule has 2 heterocycles. The van der Waals surface area contributed by atoms with Crippen LogP contribution in [0.3, 0.4) is 0 Å². The molecule has 0 bridgehead atoms. The van der Waals surface area contributed by atoms with Gasteiger partial charge in [0.05, 0.1) is 18.0 Å². The number of pyridine rings is 1. The normalized spacial score (nSPS) is 10.6. The van der Waals surface area contributed by atoms with Crippen molar-refractivity contribution in [2.24, 2.45) is 0 Å². The maximum Gasteiger partial charge on any atom is 0.225 e. The van der Waals surface area contributed by atoms with Crippen LogP contribution in [0.25, 0.3) is 11.4 Å². The van der Waals surface area contributed by atoms with Crippen LogP contribution >= 0.6 is 11.6 Å². The van der Waals surface area contributed by atoms with E-state index in [-0.39, 0.29) is 6.61 Å². The summed E-state index contributed by atoms with van der Waals surface area (Å²) in [5, 5.41) is 16.1. The molecule has 0 amide bonds. The highest BCUT2D eigenvalue weighted by Crippen LogP contribution is 2.29. The largest absolute Gasteiger partial charge is 0.395 e. The lowest BCUT2D eigenvalue weighted by atomic mass is 10.1. The highest BCUT2D eigenvalue weighted by atomic mass is 35.5. The topological polar surface area (TPSA) is 83.0 Å². The van der Waals surface area contributed by atoms with Crippen LogP contribution in [0.1, 0.15) is 11.1 Å². The molecule has 3 aromatic rings. The molecular weight excluding hydrogens is 350 g/mol. The zero-order chi connectivity index (χ0) is 18.5. The third kappa shape index (κ3) is 4.28. The van der Waals surface area contributed by atoms with Gasteiger partial charge in [-0.3, -0.25) is 4.98 Å². The molecule has 0 atom stereocenters. The molecule has 26 heavy (non-hydrogen) atoms. The molecule has 0 aliphatic carbocycles. The monoisotopic (exact) mass is 369 g/mol. The van der Waals surface area contributed by atoms with Crippen molar-refractivity contribution in [3.05, 3.63) is 58.7 Å². The van der Waals surface area contributed by atoms with Crippen molar-refractivity contribution in [3.8, 4) is 11.4 Å². The van der Waals surface area contributed by atoms with Gasteiger partial charge in [0.25, 0.3) is 0 Å². The van der Waals surface area contributed by atoms with Gasteiger partial charge in [-0.2, -0.15) is 4.98 Å². The Morgan fingerprint density at radius 3 is 2.46 bits per heavy atom. The van der Waals surface area contributed by atoms with Gasteiger partial charge in [0.2, 0.25) is 5.95 Å². The summed E-state index contributed by atoms with van der Waals surface area (Å²) in [5.74, 6) is 1.06. The smallest absolute Gasteiger partial charge is 0.225 e. The van der Waals surface area contributed by atoms with Crippen LogP contribution < -0.4 is 10.6 Å². The first-order valence-electron chi connectivity index (χ1n) is 8.26. The maximum absolute atomic E-state index is 9.06. The minimum Gasteiger partial charge on any atom is -0.395 e. The molecule has 7 heteroatoms. The summed E-state index contributed by atoms with van der Waals surface area (Å²) in [4.78, 5) is 13.3. The quantitative estimate of drug-likeness (QED) is 0.610. The second-order valence-corrected chi connectivity index (χ2v) is 6.30. The van der Waals surface area contributed by atoms with Gasteiger partial charge in [-0.15, -0.1) is 0 Å². The predicted molar refractivity (Wildman–Crippen MR) is 105 cm³/mol. The molecule has 3 N–H and O–H groups in total. The minimum atomic E-state index is -0.00463. The summed E-state index contributed by atoms with van der Waals surface area (Å²) < 4.78 is 0. The zero-order valence-corrected chi connectivity index (χ0v) is 15.4. The Kier molecular flexibility index (Phi) is 5.65. The number of anilines is 3. The summed E-state index contributed by atoms with van der Waals surface area (Å²) in [6.07, 6.45) is 1.72. The third-order valence-corrected chi connectivity index (χ3v) is 4.02. The van der Waals surface area contributed by atoms with Gasteiger partial charge in [-0.05, 0) is 49.2 Å². The molecule has 0 saturated carbocycles. The fraction of sp³-hybridized carbons (Fsp3) is 0.211. The molecule has 134 valence electrons. The van der Waals surface area contributed by atoms with E-state index in [2.05, 4.69) is 25.6 Å². The van der Waals surface area contributed by atoms with Crippen LogP contribution in [0.5, 0.6) is 0 Å². The average Bonchev–Trinajstić information content (AvgIpc) is 2.63. The number of halogens is 1. The van der Waals surface area contributed by atoms with E-state index in [1.807, 2.05) is 50.2 Å². The van der Waals surface area contributed by atoms with Crippen LogP contribution in [-0.4, -0.2) is 33.2 Å². The van der Waals surface area contributed by atoms with E-state index in [1.54, 1.807) is 6.20 Å². The lowest BCUT2D eigenvalue weighted by Gasteiger charge is -2.14. The molecule has 0 saturated heterocycles. The second kappa shape index (κ2) is 8.12. The molecule has 0 aliphatic rings. The molecular formula is C19H20ClN5O. The van der Waals surface area contributed by atoms with Gasteiger partial charge in [-0.25, -0.2) is 4.98 Å².